The Labute approximate surface area is 117 Å². The predicted molar refractivity (Wildman–Crippen MR) is 77.0 cm³/mol. The monoisotopic (exact) mass is 283 g/mol. The van der Waals surface area contributed by atoms with Gasteiger partial charge in [0.2, 0.25) is 0 Å². The van der Waals surface area contributed by atoms with E-state index in [1.807, 2.05) is 0 Å². The summed E-state index contributed by atoms with van der Waals surface area (Å²) in [7, 11) is 2.11. The number of likely N-dealkylation sites (N-methyl/N-ethyl adjacent to an activating group) is 1. The van der Waals surface area contributed by atoms with E-state index in [-0.39, 0.29) is 5.69 Å². The molecule has 0 saturated carbocycles. The molecule has 5 nitrogen and oxygen atoms in total. The number of hydrogen-bond donors (Lipinski definition) is 0. The van der Waals surface area contributed by atoms with Crippen molar-refractivity contribution in [3.63, 3.8) is 0 Å². The van der Waals surface area contributed by atoms with E-state index in [0.717, 1.165) is 18.8 Å². The van der Waals surface area contributed by atoms with Crippen LogP contribution in [0.3, 0.4) is 0 Å². The summed E-state index contributed by atoms with van der Waals surface area (Å²) in [5.41, 5.74) is 0.906. The number of anilines is 1. The summed E-state index contributed by atoms with van der Waals surface area (Å²) in [6.07, 6.45) is 0. The van der Waals surface area contributed by atoms with Crippen LogP contribution in [0.25, 0.3) is 0 Å². The van der Waals surface area contributed by atoms with Gasteiger partial charge in [-0.3, -0.25) is 15.0 Å². The van der Waals surface area contributed by atoms with Crippen molar-refractivity contribution in [1.29, 1.82) is 0 Å². The topological polar surface area (TPSA) is 49.6 Å². The summed E-state index contributed by atoms with van der Waals surface area (Å²) in [4.78, 5) is 14.8. The first-order valence-corrected chi connectivity index (χ1v) is 6.68. The quantitative estimate of drug-likeness (QED) is 0.619. The van der Waals surface area contributed by atoms with E-state index in [0.29, 0.717) is 17.1 Å². The van der Waals surface area contributed by atoms with E-state index in [1.165, 1.54) is 12.1 Å². The summed E-state index contributed by atoms with van der Waals surface area (Å²) in [6.45, 7) is 6.13. The molecule has 0 aliphatic carbocycles. The Bertz CT molecular complexity index is 495. The van der Waals surface area contributed by atoms with Crippen LogP contribution in [0.15, 0.2) is 18.2 Å². The average molecular weight is 284 g/mol. The predicted octanol–water partition coefficient (Wildman–Crippen LogP) is 2.78. The van der Waals surface area contributed by atoms with Crippen LogP contribution in [0.4, 0.5) is 11.4 Å². The highest BCUT2D eigenvalue weighted by molar-refractivity contribution is 6.33. The maximum Gasteiger partial charge on any atom is 0.271 e. The second-order valence-electron chi connectivity index (χ2n) is 5.18. The van der Waals surface area contributed by atoms with Crippen molar-refractivity contribution in [2.75, 3.05) is 25.0 Å². The molecule has 0 bridgehead atoms. The number of non-ortho nitro benzene ring substituents is 1. The van der Waals surface area contributed by atoms with E-state index in [4.69, 9.17) is 11.6 Å². The summed E-state index contributed by atoms with van der Waals surface area (Å²) in [5, 5.41) is 11.2. The lowest BCUT2D eigenvalue weighted by molar-refractivity contribution is -0.384. The lowest BCUT2D eigenvalue weighted by Gasteiger charge is -2.44. The van der Waals surface area contributed by atoms with Crippen LogP contribution in [0.2, 0.25) is 5.02 Å². The molecule has 0 unspecified atom stereocenters. The molecule has 1 aliphatic rings. The highest BCUT2D eigenvalue weighted by Gasteiger charge is 2.28. The van der Waals surface area contributed by atoms with Crippen LogP contribution in [-0.4, -0.2) is 42.0 Å². The van der Waals surface area contributed by atoms with E-state index in [2.05, 4.69) is 30.7 Å². The normalized spacial score (nSPS) is 24.5. The first-order valence-electron chi connectivity index (χ1n) is 6.31. The molecule has 0 radical (unpaired) electrons. The number of rotatable bonds is 2. The lowest BCUT2D eigenvalue weighted by Crippen LogP contribution is -2.55. The van der Waals surface area contributed by atoms with E-state index < -0.39 is 4.92 Å². The Balaban J connectivity index is 2.29. The molecule has 0 spiro atoms. The third kappa shape index (κ3) is 2.82. The van der Waals surface area contributed by atoms with Crippen molar-refractivity contribution in [2.24, 2.45) is 0 Å². The molecule has 0 amide bonds. The van der Waals surface area contributed by atoms with Crippen LogP contribution in [0.5, 0.6) is 0 Å². The minimum atomic E-state index is -0.425. The highest BCUT2D eigenvalue weighted by atomic mass is 35.5. The lowest BCUT2D eigenvalue weighted by atomic mass is 10.1. The van der Waals surface area contributed by atoms with Crippen LogP contribution in [0.1, 0.15) is 13.8 Å². The minimum absolute atomic E-state index is 0.0311. The first kappa shape index (κ1) is 14.1. The van der Waals surface area contributed by atoms with Gasteiger partial charge in [0.05, 0.1) is 15.6 Å². The largest absolute Gasteiger partial charge is 0.365 e. The number of hydrogen-bond acceptors (Lipinski definition) is 4. The maximum atomic E-state index is 10.7. The molecule has 1 aromatic rings. The maximum absolute atomic E-state index is 10.7. The van der Waals surface area contributed by atoms with Crippen molar-refractivity contribution in [3.8, 4) is 0 Å². The molecule has 2 atom stereocenters. The molecule has 104 valence electrons. The minimum Gasteiger partial charge on any atom is -0.365 e. The van der Waals surface area contributed by atoms with Gasteiger partial charge in [0, 0.05) is 37.3 Å². The van der Waals surface area contributed by atoms with Gasteiger partial charge >= 0.3 is 0 Å². The van der Waals surface area contributed by atoms with E-state index >= 15 is 0 Å². The molecule has 2 rings (SSSR count). The molecule has 1 aromatic carbocycles. The number of halogens is 1. The fourth-order valence-corrected chi connectivity index (χ4v) is 2.76. The number of nitrogens with zero attached hydrogens (tertiary/aromatic N) is 3. The standard InChI is InChI=1S/C13H18ClN3O2/c1-9-8-16(10(2)7-15(9)3)13-5-4-11(17(18)19)6-12(13)14/h4-6,9-10H,7-8H2,1-3H3/t9-,10+/m1/s1. The van der Waals surface area contributed by atoms with Crippen molar-refractivity contribution < 1.29 is 4.92 Å². The fourth-order valence-electron chi connectivity index (χ4n) is 2.48. The van der Waals surface area contributed by atoms with Gasteiger partial charge < -0.3 is 4.90 Å². The van der Waals surface area contributed by atoms with Gasteiger partial charge in [0.25, 0.3) is 5.69 Å². The van der Waals surface area contributed by atoms with Gasteiger partial charge in [0.1, 0.15) is 0 Å². The van der Waals surface area contributed by atoms with Gasteiger partial charge in [-0.15, -0.1) is 0 Å². The van der Waals surface area contributed by atoms with Crippen LogP contribution < -0.4 is 4.90 Å². The second kappa shape index (κ2) is 5.35. The Kier molecular flexibility index (Phi) is 3.96. The molecular formula is C13H18ClN3O2. The number of nitro benzene ring substituents is 1. The number of nitro groups is 1. The Hall–Kier alpha value is -1.33. The average Bonchev–Trinajstić information content (AvgIpc) is 2.34. The van der Waals surface area contributed by atoms with E-state index in [1.54, 1.807) is 6.07 Å². The number of piperazine rings is 1. The molecular weight excluding hydrogens is 266 g/mol. The molecule has 19 heavy (non-hydrogen) atoms. The van der Waals surface area contributed by atoms with Gasteiger partial charge in [-0.1, -0.05) is 11.6 Å². The SMILES string of the molecule is C[C@@H]1CN(c2ccc([N+](=O)[O-])cc2Cl)[C@@H](C)CN1C. The van der Waals surface area contributed by atoms with Crippen molar-refractivity contribution in [2.45, 2.75) is 25.9 Å². The van der Waals surface area contributed by atoms with Gasteiger partial charge in [-0.05, 0) is 27.0 Å². The first-order chi connectivity index (χ1) is 8.90. The molecule has 1 heterocycles. The van der Waals surface area contributed by atoms with Crippen LogP contribution >= 0.6 is 11.6 Å². The Morgan fingerprint density at radius 3 is 2.58 bits per heavy atom. The highest BCUT2D eigenvalue weighted by Crippen LogP contribution is 2.32. The fraction of sp³-hybridized carbons (Fsp3) is 0.538. The van der Waals surface area contributed by atoms with Gasteiger partial charge in [-0.2, -0.15) is 0 Å². The smallest absolute Gasteiger partial charge is 0.271 e. The third-order valence-corrected chi connectivity index (χ3v) is 4.05. The molecule has 0 aromatic heterocycles. The summed E-state index contributed by atoms with van der Waals surface area (Å²) in [6, 6.07) is 5.45. The van der Waals surface area contributed by atoms with Gasteiger partial charge in [0.15, 0.2) is 0 Å². The summed E-state index contributed by atoms with van der Waals surface area (Å²) in [5.74, 6) is 0. The van der Waals surface area contributed by atoms with Crippen molar-refractivity contribution in [3.05, 3.63) is 33.3 Å². The zero-order chi connectivity index (χ0) is 14.2. The Morgan fingerprint density at radius 1 is 1.32 bits per heavy atom. The molecule has 0 N–H and O–H groups in total. The zero-order valence-corrected chi connectivity index (χ0v) is 12.1. The van der Waals surface area contributed by atoms with Crippen LogP contribution in [0, 0.1) is 10.1 Å². The van der Waals surface area contributed by atoms with Crippen LogP contribution in [-0.2, 0) is 0 Å². The molecule has 1 aliphatic heterocycles. The zero-order valence-electron chi connectivity index (χ0n) is 11.3. The summed E-state index contributed by atoms with van der Waals surface area (Å²) < 4.78 is 0. The second-order valence-corrected chi connectivity index (χ2v) is 5.59. The molecule has 6 heteroatoms. The number of benzene rings is 1. The van der Waals surface area contributed by atoms with Gasteiger partial charge in [-0.25, -0.2) is 0 Å². The molecule has 1 saturated heterocycles. The third-order valence-electron chi connectivity index (χ3n) is 3.75. The summed E-state index contributed by atoms with van der Waals surface area (Å²) >= 11 is 6.20. The van der Waals surface area contributed by atoms with E-state index in [9.17, 15) is 10.1 Å². The van der Waals surface area contributed by atoms with Crippen molar-refractivity contribution in [1.82, 2.24) is 4.90 Å². The van der Waals surface area contributed by atoms with Crippen molar-refractivity contribution >= 4 is 23.0 Å². The molecule has 1 fully saturated rings. The Morgan fingerprint density at radius 2 is 2.00 bits per heavy atom.